The van der Waals surface area contributed by atoms with Crippen LogP contribution in [-0.4, -0.2) is 52.9 Å². The second-order valence-corrected chi connectivity index (χ2v) is 9.44. The van der Waals surface area contributed by atoms with Crippen molar-refractivity contribution in [1.29, 1.82) is 0 Å². The van der Waals surface area contributed by atoms with Crippen LogP contribution < -0.4 is 5.32 Å². The molecule has 1 aromatic carbocycles. The van der Waals surface area contributed by atoms with Crippen molar-refractivity contribution in [3.8, 4) is 0 Å². The molecule has 2 aromatic rings. The van der Waals surface area contributed by atoms with Crippen molar-refractivity contribution in [3.63, 3.8) is 0 Å². The summed E-state index contributed by atoms with van der Waals surface area (Å²) in [5, 5.41) is 3.40. The topological polar surface area (TPSA) is 48.5 Å². The van der Waals surface area contributed by atoms with E-state index in [0.29, 0.717) is 24.7 Å². The molecule has 0 aliphatic carbocycles. The van der Waals surface area contributed by atoms with Crippen LogP contribution in [0, 0.1) is 0 Å². The molecule has 33 heavy (non-hydrogen) atoms. The molecule has 1 amide bonds. The molecule has 0 bridgehead atoms. The average Bonchev–Trinajstić information content (AvgIpc) is 3.16. The van der Waals surface area contributed by atoms with Crippen LogP contribution in [0.4, 0.5) is 13.2 Å². The van der Waals surface area contributed by atoms with Crippen molar-refractivity contribution in [2.24, 2.45) is 0 Å². The molecule has 1 atom stereocenters. The number of halogens is 3. The molecule has 0 radical (unpaired) electrons. The minimum absolute atomic E-state index is 0.157. The van der Waals surface area contributed by atoms with Crippen molar-refractivity contribution in [1.82, 2.24) is 20.1 Å². The van der Waals surface area contributed by atoms with Gasteiger partial charge in [0.15, 0.2) is 0 Å². The number of rotatable bonds is 4. The quantitative estimate of drug-likeness (QED) is 0.747. The lowest BCUT2D eigenvalue weighted by Crippen LogP contribution is -2.46. The Kier molecular flexibility index (Phi) is 6.14. The molecule has 1 N–H and O–H groups in total. The molecule has 176 valence electrons. The normalized spacial score (nSPS) is 22.6. The number of carbonyl (C=O) groups is 1. The number of pyridine rings is 1. The number of hydrogen-bond acceptors (Lipinski definition) is 4. The van der Waals surface area contributed by atoms with Gasteiger partial charge in [0.05, 0.1) is 11.3 Å². The summed E-state index contributed by atoms with van der Waals surface area (Å²) in [6.07, 6.45) is 0.713. The number of nitrogens with zero attached hydrogens (tertiary/aromatic N) is 3. The van der Waals surface area contributed by atoms with Crippen LogP contribution >= 0.6 is 0 Å². The fraction of sp³-hybridized carbons (Fsp3) is 0.520. The summed E-state index contributed by atoms with van der Waals surface area (Å²) < 4.78 is 38.2. The Bertz CT molecular complexity index is 994. The zero-order chi connectivity index (χ0) is 23.0. The number of hydrogen-bond donors (Lipinski definition) is 1. The maximum Gasteiger partial charge on any atom is 0.417 e. The monoisotopic (exact) mass is 458 g/mol. The van der Waals surface area contributed by atoms with Crippen molar-refractivity contribution in [3.05, 3.63) is 64.5 Å². The van der Waals surface area contributed by atoms with Gasteiger partial charge in [0.25, 0.3) is 5.91 Å². The average molecular weight is 459 g/mol. The largest absolute Gasteiger partial charge is 0.417 e. The number of likely N-dealkylation sites (tertiary alicyclic amines) is 1. The second-order valence-electron chi connectivity index (χ2n) is 9.44. The summed E-state index contributed by atoms with van der Waals surface area (Å²) in [6.45, 7) is 4.93. The van der Waals surface area contributed by atoms with Crippen LogP contribution in [-0.2, 0) is 19.3 Å². The molecular weight excluding hydrogens is 429 g/mol. The molecule has 3 aliphatic heterocycles. The van der Waals surface area contributed by atoms with E-state index in [9.17, 15) is 18.0 Å². The molecule has 2 saturated heterocycles. The molecule has 2 fully saturated rings. The van der Waals surface area contributed by atoms with Gasteiger partial charge in [-0.2, -0.15) is 13.2 Å². The first-order valence-electron chi connectivity index (χ1n) is 11.8. The van der Waals surface area contributed by atoms with Crippen molar-refractivity contribution >= 4 is 5.91 Å². The van der Waals surface area contributed by atoms with E-state index in [0.717, 1.165) is 75.3 Å². The zero-order valence-electron chi connectivity index (χ0n) is 18.6. The van der Waals surface area contributed by atoms with Gasteiger partial charge in [-0.15, -0.1) is 0 Å². The highest BCUT2D eigenvalue weighted by Gasteiger charge is 2.34. The summed E-state index contributed by atoms with van der Waals surface area (Å²) in [4.78, 5) is 21.2. The smallest absolute Gasteiger partial charge is 0.330 e. The standard InChI is InChI=1S/C25H29F3N4O/c26-25(27,28)20-4-5-21(30-13-20)16-31-10-7-17(8-11-31)18-3-6-23-19(12-18)15-32(24(23)33)22-2-1-9-29-14-22/h3-6,12-13,17,22,29H,1-2,7-11,14-16H2. The van der Waals surface area contributed by atoms with E-state index >= 15 is 0 Å². The van der Waals surface area contributed by atoms with Crippen LogP contribution in [0.3, 0.4) is 0 Å². The Balaban J connectivity index is 1.18. The minimum Gasteiger partial charge on any atom is -0.330 e. The first kappa shape index (κ1) is 22.3. The highest BCUT2D eigenvalue weighted by Crippen LogP contribution is 2.34. The molecule has 4 heterocycles. The van der Waals surface area contributed by atoms with Crippen LogP contribution in [0.15, 0.2) is 36.5 Å². The second kappa shape index (κ2) is 9.06. The number of aromatic nitrogens is 1. The zero-order valence-corrected chi connectivity index (χ0v) is 18.6. The van der Waals surface area contributed by atoms with Crippen molar-refractivity contribution < 1.29 is 18.0 Å². The van der Waals surface area contributed by atoms with E-state index in [4.69, 9.17) is 0 Å². The molecule has 0 spiro atoms. The van der Waals surface area contributed by atoms with Crippen LogP contribution in [0.1, 0.15) is 64.3 Å². The van der Waals surface area contributed by atoms with E-state index < -0.39 is 11.7 Å². The Morgan fingerprint density at radius 1 is 1.09 bits per heavy atom. The minimum atomic E-state index is -4.35. The number of carbonyl (C=O) groups excluding carboxylic acids is 1. The van der Waals surface area contributed by atoms with E-state index in [2.05, 4.69) is 27.3 Å². The van der Waals surface area contributed by atoms with Gasteiger partial charge < -0.3 is 10.2 Å². The Hall–Kier alpha value is -2.45. The maximum atomic E-state index is 12.9. The maximum absolute atomic E-state index is 12.9. The Labute approximate surface area is 192 Å². The molecule has 5 nitrogen and oxygen atoms in total. The summed E-state index contributed by atoms with van der Waals surface area (Å²) in [5.41, 5.74) is 3.22. The molecule has 0 saturated carbocycles. The van der Waals surface area contributed by atoms with Gasteiger partial charge in [0.2, 0.25) is 0 Å². The number of alkyl halides is 3. The fourth-order valence-corrected chi connectivity index (χ4v) is 5.35. The van der Waals surface area contributed by atoms with Gasteiger partial charge in [-0.3, -0.25) is 14.7 Å². The van der Waals surface area contributed by atoms with Crippen LogP contribution in [0.2, 0.25) is 0 Å². The summed E-state index contributed by atoms with van der Waals surface area (Å²) in [6, 6.07) is 9.19. The SMILES string of the molecule is O=C1c2ccc(C3CCN(Cc4ccc(C(F)(F)F)cn4)CC3)cc2CN1C1CCCNC1. The predicted octanol–water partition coefficient (Wildman–Crippen LogP) is 4.19. The predicted molar refractivity (Wildman–Crippen MR) is 119 cm³/mol. The van der Waals surface area contributed by atoms with Crippen molar-refractivity contribution in [2.45, 2.75) is 56.9 Å². The van der Waals surface area contributed by atoms with Gasteiger partial charge in [0.1, 0.15) is 0 Å². The third kappa shape index (κ3) is 4.77. The summed E-state index contributed by atoms with van der Waals surface area (Å²) >= 11 is 0. The van der Waals surface area contributed by atoms with Crippen LogP contribution in [0.25, 0.3) is 0 Å². The third-order valence-electron chi connectivity index (χ3n) is 7.27. The fourth-order valence-electron chi connectivity index (χ4n) is 5.35. The van der Waals surface area contributed by atoms with Gasteiger partial charge in [-0.1, -0.05) is 12.1 Å². The third-order valence-corrected chi connectivity index (χ3v) is 7.27. The lowest BCUT2D eigenvalue weighted by Gasteiger charge is -2.32. The molecule has 8 heteroatoms. The highest BCUT2D eigenvalue weighted by molar-refractivity contribution is 5.98. The lowest BCUT2D eigenvalue weighted by atomic mass is 9.88. The molecule has 1 unspecified atom stereocenters. The van der Waals surface area contributed by atoms with Gasteiger partial charge in [0, 0.05) is 37.4 Å². The first-order valence-corrected chi connectivity index (χ1v) is 11.8. The summed E-state index contributed by atoms with van der Waals surface area (Å²) in [7, 11) is 0. The number of benzene rings is 1. The molecule has 1 aromatic heterocycles. The first-order chi connectivity index (χ1) is 15.9. The molecule has 5 rings (SSSR count). The van der Waals surface area contributed by atoms with Crippen molar-refractivity contribution in [2.75, 3.05) is 26.2 Å². The van der Waals surface area contributed by atoms with E-state index in [-0.39, 0.29) is 11.9 Å². The lowest BCUT2D eigenvalue weighted by molar-refractivity contribution is -0.137. The van der Waals surface area contributed by atoms with Crippen LogP contribution in [0.5, 0.6) is 0 Å². The highest BCUT2D eigenvalue weighted by atomic mass is 19.4. The van der Waals surface area contributed by atoms with E-state index in [1.165, 1.54) is 11.6 Å². The summed E-state index contributed by atoms with van der Waals surface area (Å²) in [5.74, 6) is 0.594. The van der Waals surface area contributed by atoms with E-state index in [1.54, 1.807) is 0 Å². The number of piperidine rings is 2. The molecule has 3 aliphatic rings. The van der Waals surface area contributed by atoms with E-state index in [1.807, 2.05) is 11.0 Å². The number of amides is 1. The van der Waals surface area contributed by atoms with Gasteiger partial charge in [-0.25, -0.2) is 0 Å². The Morgan fingerprint density at radius 3 is 2.58 bits per heavy atom. The number of nitrogens with one attached hydrogen (secondary N) is 1. The molecular formula is C25H29F3N4O. The van der Waals surface area contributed by atoms with Gasteiger partial charge >= 0.3 is 6.18 Å². The number of fused-ring (bicyclic) bond motifs is 1. The Morgan fingerprint density at radius 2 is 1.91 bits per heavy atom. The van der Waals surface area contributed by atoms with Gasteiger partial charge in [-0.05, 0) is 80.6 Å².